The molecular formula is C19H18ClN5O3. The van der Waals surface area contributed by atoms with Gasteiger partial charge >= 0.3 is 0 Å². The van der Waals surface area contributed by atoms with E-state index in [4.69, 9.17) is 21.5 Å². The average molecular weight is 400 g/mol. The third-order valence-electron chi connectivity index (χ3n) is 3.71. The SMILES string of the molecule is O=C(NCOCNO)c1cnc(N(c2ccccc2)c2ccccc2Cl)nc1. The minimum atomic E-state index is -0.395. The second-order valence-corrected chi connectivity index (χ2v) is 5.96. The van der Waals surface area contributed by atoms with Crippen LogP contribution in [-0.4, -0.2) is 34.5 Å². The smallest absolute Gasteiger partial charge is 0.256 e. The van der Waals surface area contributed by atoms with Crippen LogP contribution in [0.4, 0.5) is 17.3 Å². The number of halogens is 1. The molecule has 0 spiro atoms. The maximum Gasteiger partial charge on any atom is 0.256 e. The normalized spacial score (nSPS) is 10.5. The third kappa shape index (κ3) is 4.81. The molecule has 1 heterocycles. The van der Waals surface area contributed by atoms with Crippen LogP contribution in [0.5, 0.6) is 0 Å². The Morgan fingerprint density at radius 1 is 1.04 bits per heavy atom. The van der Waals surface area contributed by atoms with Crippen LogP contribution in [0.3, 0.4) is 0 Å². The van der Waals surface area contributed by atoms with Gasteiger partial charge in [-0.1, -0.05) is 41.9 Å². The van der Waals surface area contributed by atoms with Gasteiger partial charge in [-0.05, 0) is 24.3 Å². The Balaban J connectivity index is 1.86. The van der Waals surface area contributed by atoms with Crippen LogP contribution in [0.2, 0.25) is 5.02 Å². The van der Waals surface area contributed by atoms with E-state index in [0.717, 1.165) is 11.4 Å². The lowest BCUT2D eigenvalue weighted by atomic mass is 10.2. The maximum atomic E-state index is 12.1. The van der Waals surface area contributed by atoms with Crippen LogP contribution < -0.4 is 15.7 Å². The molecule has 9 heteroatoms. The Bertz CT molecular complexity index is 909. The van der Waals surface area contributed by atoms with Crippen molar-refractivity contribution >= 4 is 34.8 Å². The molecule has 0 fully saturated rings. The van der Waals surface area contributed by atoms with Crippen molar-refractivity contribution in [3.8, 4) is 0 Å². The van der Waals surface area contributed by atoms with Gasteiger partial charge in [0.25, 0.3) is 5.91 Å². The monoisotopic (exact) mass is 399 g/mol. The highest BCUT2D eigenvalue weighted by Crippen LogP contribution is 2.36. The standard InChI is InChI=1S/C19H18ClN5O3/c20-16-8-4-5-9-17(16)25(15-6-2-1-3-7-15)19-21-10-14(11-22-19)18(26)23-12-28-13-24-27/h1-11,24,27H,12-13H2,(H,23,26). The molecule has 1 aromatic heterocycles. The number of hydrogen-bond donors (Lipinski definition) is 3. The fourth-order valence-corrected chi connectivity index (χ4v) is 2.66. The van der Waals surface area contributed by atoms with Crippen LogP contribution in [0, 0.1) is 0 Å². The molecule has 0 aliphatic heterocycles. The van der Waals surface area contributed by atoms with Gasteiger partial charge in [0.2, 0.25) is 5.95 Å². The predicted octanol–water partition coefficient (Wildman–Crippen LogP) is 3.24. The first-order chi connectivity index (χ1) is 13.7. The number of carbonyl (C=O) groups excluding carboxylic acids is 1. The van der Waals surface area contributed by atoms with Crippen LogP contribution in [-0.2, 0) is 4.74 Å². The summed E-state index contributed by atoms with van der Waals surface area (Å²) >= 11 is 6.39. The highest BCUT2D eigenvalue weighted by Gasteiger charge is 2.18. The fourth-order valence-electron chi connectivity index (χ4n) is 2.44. The zero-order chi connectivity index (χ0) is 19.8. The number of nitrogens with one attached hydrogen (secondary N) is 2. The van der Waals surface area contributed by atoms with Gasteiger partial charge < -0.3 is 15.3 Å². The molecule has 1 amide bonds. The average Bonchev–Trinajstić information content (AvgIpc) is 2.74. The Labute approximate surface area is 166 Å². The number of ether oxygens (including phenoxy) is 1. The number of hydrogen-bond acceptors (Lipinski definition) is 7. The molecule has 3 rings (SSSR count). The van der Waals surface area contributed by atoms with Crippen molar-refractivity contribution in [3.05, 3.63) is 77.6 Å². The Kier molecular flexibility index (Phi) is 6.88. The summed E-state index contributed by atoms with van der Waals surface area (Å²) in [4.78, 5) is 22.6. The Morgan fingerprint density at radius 3 is 2.39 bits per heavy atom. The summed E-state index contributed by atoms with van der Waals surface area (Å²) in [6, 6.07) is 16.9. The third-order valence-corrected chi connectivity index (χ3v) is 4.03. The summed E-state index contributed by atoms with van der Waals surface area (Å²) < 4.78 is 4.91. The molecule has 0 saturated heterocycles. The number of para-hydroxylation sites is 2. The van der Waals surface area contributed by atoms with Gasteiger partial charge in [0.05, 0.1) is 16.3 Å². The molecule has 0 bridgehead atoms. The van der Waals surface area contributed by atoms with Crippen molar-refractivity contribution in [2.24, 2.45) is 0 Å². The molecule has 3 aromatic rings. The zero-order valence-corrected chi connectivity index (χ0v) is 15.5. The van der Waals surface area contributed by atoms with E-state index >= 15 is 0 Å². The number of nitrogens with zero attached hydrogens (tertiary/aromatic N) is 3. The van der Waals surface area contributed by atoms with Crippen molar-refractivity contribution in [1.29, 1.82) is 0 Å². The van der Waals surface area contributed by atoms with Crippen molar-refractivity contribution < 1.29 is 14.7 Å². The van der Waals surface area contributed by atoms with E-state index in [-0.39, 0.29) is 19.0 Å². The highest BCUT2D eigenvalue weighted by atomic mass is 35.5. The second-order valence-electron chi connectivity index (χ2n) is 5.55. The molecule has 8 nitrogen and oxygen atoms in total. The summed E-state index contributed by atoms with van der Waals surface area (Å²) in [5.41, 5.74) is 3.65. The quantitative estimate of drug-likeness (QED) is 0.304. The van der Waals surface area contributed by atoms with Crippen molar-refractivity contribution in [2.45, 2.75) is 0 Å². The van der Waals surface area contributed by atoms with Crippen LogP contribution in [0.15, 0.2) is 67.0 Å². The predicted molar refractivity (Wildman–Crippen MR) is 105 cm³/mol. The molecule has 0 saturated carbocycles. The number of anilines is 3. The number of carbonyl (C=O) groups is 1. The van der Waals surface area contributed by atoms with Crippen LogP contribution in [0.25, 0.3) is 0 Å². The van der Waals surface area contributed by atoms with E-state index in [2.05, 4.69) is 15.3 Å². The molecule has 0 radical (unpaired) electrons. The molecule has 0 aliphatic rings. The number of aromatic nitrogens is 2. The lowest BCUT2D eigenvalue weighted by Crippen LogP contribution is -2.28. The van der Waals surface area contributed by atoms with Gasteiger partial charge in [-0.2, -0.15) is 5.48 Å². The largest absolute Gasteiger partial charge is 0.344 e. The topological polar surface area (TPSA) is 99.6 Å². The molecule has 3 N–H and O–H groups in total. The Hall–Kier alpha value is -3.04. The first kappa shape index (κ1) is 19.7. The second kappa shape index (κ2) is 9.77. The molecular weight excluding hydrogens is 382 g/mol. The number of hydroxylamine groups is 1. The van der Waals surface area contributed by atoms with Gasteiger partial charge in [-0.3, -0.25) is 9.69 Å². The summed E-state index contributed by atoms with van der Waals surface area (Å²) in [5.74, 6) is -0.0231. The van der Waals surface area contributed by atoms with Gasteiger partial charge in [0.1, 0.15) is 13.5 Å². The van der Waals surface area contributed by atoms with E-state index in [1.807, 2.05) is 54.0 Å². The zero-order valence-electron chi connectivity index (χ0n) is 14.7. The molecule has 0 atom stereocenters. The van der Waals surface area contributed by atoms with E-state index in [0.29, 0.717) is 11.0 Å². The van der Waals surface area contributed by atoms with Crippen molar-refractivity contribution in [1.82, 2.24) is 20.8 Å². The number of rotatable bonds is 8. The molecule has 0 aliphatic carbocycles. The van der Waals surface area contributed by atoms with E-state index in [1.165, 1.54) is 12.4 Å². The molecule has 28 heavy (non-hydrogen) atoms. The van der Waals surface area contributed by atoms with Gasteiger partial charge in [-0.25, -0.2) is 9.97 Å². The number of amides is 1. The summed E-state index contributed by atoms with van der Waals surface area (Å²) in [7, 11) is 0. The van der Waals surface area contributed by atoms with Gasteiger partial charge in [-0.15, -0.1) is 0 Å². The van der Waals surface area contributed by atoms with Crippen LogP contribution in [0.1, 0.15) is 10.4 Å². The van der Waals surface area contributed by atoms with Crippen molar-refractivity contribution in [2.75, 3.05) is 18.4 Å². The number of benzene rings is 2. The summed E-state index contributed by atoms with van der Waals surface area (Å²) in [6.07, 6.45) is 2.85. The van der Waals surface area contributed by atoms with Crippen LogP contribution >= 0.6 is 11.6 Å². The Morgan fingerprint density at radius 2 is 1.71 bits per heavy atom. The molecule has 144 valence electrons. The first-order valence-electron chi connectivity index (χ1n) is 8.35. The van der Waals surface area contributed by atoms with Gasteiger partial charge in [0.15, 0.2) is 0 Å². The van der Waals surface area contributed by atoms with E-state index < -0.39 is 5.91 Å². The first-order valence-corrected chi connectivity index (χ1v) is 8.73. The lowest BCUT2D eigenvalue weighted by molar-refractivity contribution is 0.0158. The lowest BCUT2D eigenvalue weighted by Gasteiger charge is -2.23. The summed E-state index contributed by atoms with van der Waals surface area (Å²) in [5, 5.41) is 11.5. The van der Waals surface area contributed by atoms with Crippen molar-refractivity contribution in [3.63, 3.8) is 0 Å². The van der Waals surface area contributed by atoms with E-state index in [1.54, 1.807) is 11.0 Å². The van der Waals surface area contributed by atoms with Gasteiger partial charge in [0, 0.05) is 18.1 Å². The molecule has 2 aromatic carbocycles. The fraction of sp³-hybridized carbons (Fsp3) is 0.105. The molecule has 0 unspecified atom stereocenters. The van der Waals surface area contributed by atoms with E-state index in [9.17, 15) is 4.79 Å². The summed E-state index contributed by atoms with van der Waals surface area (Å²) in [6.45, 7) is -0.163. The minimum Gasteiger partial charge on any atom is -0.344 e. The minimum absolute atomic E-state index is 0.0656. The maximum absolute atomic E-state index is 12.1. The highest BCUT2D eigenvalue weighted by molar-refractivity contribution is 6.33.